The van der Waals surface area contributed by atoms with Crippen molar-refractivity contribution in [3.63, 3.8) is 0 Å². The molecule has 2 heterocycles. The average Bonchev–Trinajstić information content (AvgIpc) is 2.75. The van der Waals surface area contributed by atoms with Crippen LogP contribution < -0.4 is 0 Å². The Morgan fingerprint density at radius 3 is 2.88 bits per heavy atom. The van der Waals surface area contributed by atoms with Crippen LogP contribution in [0.1, 0.15) is 5.69 Å². The molecule has 0 bridgehead atoms. The number of fused-ring (bicyclic) bond motifs is 1. The van der Waals surface area contributed by atoms with Gasteiger partial charge in [0.25, 0.3) is 0 Å². The molecule has 2 N–H and O–H groups in total. The predicted molar refractivity (Wildman–Crippen MR) is 65.7 cm³/mol. The average molecular weight is 225 g/mol. The van der Waals surface area contributed by atoms with Crippen LogP contribution in [0.25, 0.3) is 22.0 Å². The monoisotopic (exact) mass is 225 g/mol. The van der Waals surface area contributed by atoms with Gasteiger partial charge in [-0.1, -0.05) is 6.07 Å². The van der Waals surface area contributed by atoms with Gasteiger partial charge >= 0.3 is 0 Å². The fourth-order valence-corrected chi connectivity index (χ4v) is 2.03. The van der Waals surface area contributed by atoms with Crippen molar-refractivity contribution in [2.75, 3.05) is 0 Å². The molecule has 0 spiro atoms. The van der Waals surface area contributed by atoms with Gasteiger partial charge in [0.15, 0.2) is 0 Å². The van der Waals surface area contributed by atoms with Crippen LogP contribution in [0.5, 0.6) is 5.75 Å². The number of nitrogens with one attached hydrogen (secondary N) is 1. The Balaban J connectivity index is 2.42. The molecule has 0 fully saturated rings. The van der Waals surface area contributed by atoms with Gasteiger partial charge in [-0.3, -0.25) is 10.1 Å². The van der Waals surface area contributed by atoms with Crippen LogP contribution in [-0.4, -0.2) is 20.3 Å². The van der Waals surface area contributed by atoms with E-state index in [0.717, 1.165) is 27.7 Å². The van der Waals surface area contributed by atoms with E-state index in [0.29, 0.717) is 0 Å². The number of pyridine rings is 1. The second-order valence-corrected chi connectivity index (χ2v) is 3.94. The van der Waals surface area contributed by atoms with Crippen LogP contribution >= 0.6 is 0 Å². The van der Waals surface area contributed by atoms with E-state index in [2.05, 4.69) is 15.2 Å². The lowest BCUT2D eigenvalue weighted by Crippen LogP contribution is -1.85. The number of phenols is 1. The number of H-pyrrole nitrogens is 1. The van der Waals surface area contributed by atoms with E-state index < -0.39 is 0 Å². The van der Waals surface area contributed by atoms with Crippen molar-refractivity contribution in [1.29, 1.82) is 0 Å². The standard InChI is InChI=1S/C13H11N3O/c1-8-10(7-15-16-8)13-9-3-2-6-14-11(9)4-5-12(13)17/h2-7,17H,1H3,(H,15,16). The molecule has 84 valence electrons. The quantitative estimate of drug-likeness (QED) is 0.669. The van der Waals surface area contributed by atoms with E-state index in [1.807, 2.05) is 25.1 Å². The summed E-state index contributed by atoms with van der Waals surface area (Å²) in [4.78, 5) is 4.28. The molecule has 0 unspecified atom stereocenters. The van der Waals surface area contributed by atoms with Crippen molar-refractivity contribution >= 4 is 10.9 Å². The van der Waals surface area contributed by atoms with Crippen LogP contribution in [0.4, 0.5) is 0 Å². The molecule has 0 aliphatic rings. The molecular formula is C13H11N3O. The lowest BCUT2D eigenvalue weighted by atomic mass is 10.0. The zero-order valence-electron chi connectivity index (χ0n) is 9.31. The fourth-order valence-electron chi connectivity index (χ4n) is 2.03. The molecule has 2 aromatic heterocycles. The summed E-state index contributed by atoms with van der Waals surface area (Å²) in [5.41, 5.74) is 3.47. The first kappa shape index (κ1) is 9.84. The summed E-state index contributed by atoms with van der Waals surface area (Å²) in [5.74, 6) is 0.245. The lowest BCUT2D eigenvalue weighted by molar-refractivity contribution is 0.478. The first-order valence-electron chi connectivity index (χ1n) is 5.34. The van der Waals surface area contributed by atoms with Gasteiger partial charge in [-0.25, -0.2) is 0 Å². The summed E-state index contributed by atoms with van der Waals surface area (Å²) in [6.07, 6.45) is 3.46. The number of aromatic nitrogens is 3. The number of hydrogen-bond donors (Lipinski definition) is 2. The van der Waals surface area contributed by atoms with Gasteiger partial charge < -0.3 is 5.11 Å². The molecule has 0 radical (unpaired) electrons. The van der Waals surface area contributed by atoms with Gasteiger partial charge in [-0.2, -0.15) is 5.10 Å². The Labute approximate surface area is 97.9 Å². The Bertz CT molecular complexity index is 688. The minimum Gasteiger partial charge on any atom is -0.507 e. The molecule has 1 aromatic carbocycles. The van der Waals surface area contributed by atoms with Crippen molar-refractivity contribution in [3.8, 4) is 16.9 Å². The number of hydrogen-bond acceptors (Lipinski definition) is 3. The van der Waals surface area contributed by atoms with Gasteiger partial charge in [-0.15, -0.1) is 0 Å². The van der Waals surface area contributed by atoms with Gasteiger partial charge in [0.1, 0.15) is 5.75 Å². The van der Waals surface area contributed by atoms with Crippen LogP contribution in [0.2, 0.25) is 0 Å². The Morgan fingerprint density at radius 2 is 2.12 bits per heavy atom. The molecule has 4 nitrogen and oxygen atoms in total. The number of phenolic OH excluding ortho intramolecular Hbond substituents is 1. The fraction of sp³-hybridized carbons (Fsp3) is 0.0769. The highest BCUT2D eigenvalue weighted by atomic mass is 16.3. The SMILES string of the molecule is Cc1[nH]ncc1-c1c(O)ccc2ncccc12. The number of aromatic amines is 1. The highest BCUT2D eigenvalue weighted by Crippen LogP contribution is 2.36. The predicted octanol–water partition coefficient (Wildman–Crippen LogP) is 2.64. The first-order valence-corrected chi connectivity index (χ1v) is 5.34. The number of aryl methyl sites for hydroxylation is 1. The van der Waals surface area contributed by atoms with Gasteiger partial charge in [0.2, 0.25) is 0 Å². The minimum atomic E-state index is 0.245. The zero-order valence-corrected chi connectivity index (χ0v) is 9.31. The summed E-state index contributed by atoms with van der Waals surface area (Å²) >= 11 is 0. The van der Waals surface area contributed by atoms with Crippen LogP contribution in [0.15, 0.2) is 36.7 Å². The summed E-state index contributed by atoms with van der Waals surface area (Å²) in [6.45, 7) is 1.93. The maximum atomic E-state index is 10.0. The van der Waals surface area contributed by atoms with E-state index in [1.165, 1.54) is 0 Å². The summed E-state index contributed by atoms with van der Waals surface area (Å²) in [5, 5.41) is 17.8. The molecule has 0 aliphatic carbocycles. The summed E-state index contributed by atoms with van der Waals surface area (Å²) < 4.78 is 0. The summed E-state index contributed by atoms with van der Waals surface area (Å²) in [7, 11) is 0. The van der Waals surface area contributed by atoms with E-state index in [9.17, 15) is 5.11 Å². The molecule has 4 heteroatoms. The van der Waals surface area contributed by atoms with Crippen molar-refractivity contribution in [2.24, 2.45) is 0 Å². The number of aromatic hydroxyl groups is 1. The van der Waals surface area contributed by atoms with Crippen molar-refractivity contribution in [3.05, 3.63) is 42.4 Å². The van der Waals surface area contributed by atoms with Crippen LogP contribution in [0.3, 0.4) is 0 Å². The maximum Gasteiger partial charge on any atom is 0.124 e. The first-order chi connectivity index (χ1) is 8.27. The number of rotatable bonds is 1. The number of nitrogens with zero attached hydrogens (tertiary/aromatic N) is 2. The van der Waals surface area contributed by atoms with Gasteiger partial charge in [0.05, 0.1) is 11.7 Å². The van der Waals surface area contributed by atoms with Crippen LogP contribution in [0, 0.1) is 6.92 Å². The topological polar surface area (TPSA) is 61.8 Å². The molecule has 0 amide bonds. The highest BCUT2D eigenvalue weighted by Gasteiger charge is 2.13. The third-order valence-corrected chi connectivity index (χ3v) is 2.86. The number of benzene rings is 1. The van der Waals surface area contributed by atoms with E-state index >= 15 is 0 Å². The maximum absolute atomic E-state index is 10.0. The Morgan fingerprint density at radius 1 is 1.24 bits per heavy atom. The van der Waals surface area contributed by atoms with E-state index in [-0.39, 0.29) is 5.75 Å². The molecular weight excluding hydrogens is 214 g/mol. The third kappa shape index (κ3) is 1.45. The van der Waals surface area contributed by atoms with Gasteiger partial charge in [-0.05, 0) is 25.1 Å². The third-order valence-electron chi connectivity index (χ3n) is 2.86. The van der Waals surface area contributed by atoms with Crippen molar-refractivity contribution in [2.45, 2.75) is 6.92 Å². The zero-order chi connectivity index (χ0) is 11.8. The van der Waals surface area contributed by atoms with E-state index in [1.54, 1.807) is 18.5 Å². The van der Waals surface area contributed by atoms with Gasteiger partial charge in [0, 0.05) is 28.4 Å². The molecule has 0 saturated heterocycles. The molecule has 0 atom stereocenters. The second kappa shape index (κ2) is 3.59. The Kier molecular flexibility index (Phi) is 2.08. The van der Waals surface area contributed by atoms with Crippen molar-refractivity contribution < 1.29 is 5.11 Å². The smallest absolute Gasteiger partial charge is 0.124 e. The Hall–Kier alpha value is -2.36. The molecule has 3 rings (SSSR count). The molecule has 0 saturated carbocycles. The van der Waals surface area contributed by atoms with Crippen LogP contribution in [-0.2, 0) is 0 Å². The normalized spacial score (nSPS) is 10.9. The van der Waals surface area contributed by atoms with Crippen molar-refractivity contribution in [1.82, 2.24) is 15.2 Å². The molecule has 3 aromatic rings. The molecule has 17 heavy (non-hydrogen) atoms. The minimum absolute atomic E-state index is 0.245. The largest absolute Gasteiger partial charge is 0.507 e. The molecule has 0 aliphatic heterocycles. The van der Waals surface area contributed by atoms with E-state index in [4.69, 9.17) is 0 Å². The lowest BCUT2D eigenvalue weighted by Gasteiger charge is -2.07. The highest BCUT2D eigenvalue weighted by molar-refractivity contribution is 5.98. The summed E-state index contributed by atoms with van der Waals surface area (Å²) in [6, 6.07) is 7.28. The second-order valence-electron chi connectivity index (χ2n) is 3.94.